The molecule has 0 N–H and O–H groups in total. The topological polar surface area (TPSA) is 81.5 Å². The normalized spacial score (nSPS) is 16.8. The number of carbonyl (C=O) groups excluding carboxylic acids is 2. The lowest BCUT2D eigenvalue weighted by Crippen LogP contribution is -2.44. The smallest absolute Gasteiger partial charge is 0.307 e. The van der Waals surface area contributed by atoms with Crippen LogP contribution in [-0.4, -0.2) is 51.8 Å². The van der Waals surface area contributed by atoms with E-state index in [-0.39, 0.29) is 30.2 Å². The van der Waals surface area contributed by atoms with Gasteiger partial charge in [0.25, 0.3) is 5.56 Å². The summed E-state index contributed by atoms with van der Waals surface area (Å²) in [6.07, 6.45) is 4.26. The lowest BCUT2D eigenvalue weighted by atomic mass is 10.0. The summed E-state index contributed by atoms with van der Waals surface area (Å²) >= 11 is 1.26. The number of hydrogen-bond donors (Lipinski definition) is 0. The second-order valence-electron chi connectivity index (χ2n) is 7.13. The molecule has 0 aliphatic carbocycles. The van der Waals surface area contributed by atoms with Crippen molar-refractivity contribution >= 4 is 34.5 Å². The molecule has 0 spiro atoms. The van der Waals surface area contributed by atoms with Gasteiger partial charge in [0.1, 0.15) is 0 Å². The zero-order valence-electron chi connectivity index (χ0n) is 16.9. The minimum atomic E-state index is -0.392. The largest absolute Gasteiger partial charge is 0.469 e. The molecule has 1 aromatic heterocycles. The predicted octanol–water partition coefficient (Wildman–Crippen LogP) is 2.84. The van der Waals surface area contributed by atoms with E-state index in [0.29, 0.717) is 22.1 Å². The van der Waals surface area contributed by atoms with Crippen molar-refractivity contribution < 1.29 is 14.3 Å². The number of likely N-dealkylation sites (tertiary alicyclic amines) is 1. The molecule has 1 aliphatic heterocycles. The number of fused-ring (bicyclic) bond motifs is 1. The van der Waals surface area contributed by atoms with Crippen LogP contribution in [0.2, 0.25) is 0 Å². The molecule has 156 valence electrons. The van der Waals surface area contributed by atoms with Crippen LogP contribution in [0.5, 0.6) is 0 Å². The first kappa shape index (κ1) is 21.4. The fraction of sp³-hybridized carbons (Fsp3) is 0.524. The van der Waals surface area contributed by atoms with Crippen LogP contribution >= 0.6 is 11.8 Å². The molecular formula is C21H27N3O4S. The highest BCUT2D eigenvalue weighted by molar-refractivity contribution is 7.99. The summed E-state index contributed by atoms with van der Waals surface area (Å²) in [5.41, 5.74) is 0.380. The molecule has 2 heterocycles. The van der Waals surface area contributed by atoms with Crippen LogP contribution < -0.4 is 5.56 Å². The van der Waals surface area contributed by atoms with Gasteiger partial charge in [-0.25, -0.2) is 4.98 Å². The van der Waals surface area contributed by atoms with Gasteiger partial charge >= 0.3 is 5.97 Å². The fourth-order valence-corrected chi connectivity index (χ4v) is 4.63. The Kier molecular flexibility index (Phi) is 7.30. The number of para-hydroxylation sites is 1. The Hall–Kier alpha value is -2.35. The SMILES string of the molecule is CC[C@@H]1CCCCN1C(=O)CSc1nc2ccccc2c(=O)n1CCC(=O)OC. The highest BCUT2D eigenvalue weighted by Crippen LogP contribution is 2.23. The quantitative estimate of drug-likeness (QED) is 0.391. The van der Waals surface area contributed by atoms with Gasteiger partial charge in [-0.1, -0.05) is 30.8 Å². The molecule has 1 aromatic carbocycles. The van der Waals surface area contributed by atoms with Gasteiger partial charge in [-0.2, -0.15) is 0 Å². The van der Waals surface area contributed by atoms with Gasteiger partial charge in [0.15, 0.2) is 5.16 Å². The first-order valence-corrected chi connectivity index (χ1v) is 11.0. The Labute approximate surface area is 174 Å². The predicted molar refractivity (Wildman–Crippen MR) is 113 cm³/mol. The van der Waals surface area contributed by atoms with E-state index in [1.165, 1.54) is 23.4 Å². The number of rotatable bonds is 7. The van der Waals surface area contributed by atoms with Gasteiger partial charge < -0.3 is 9.64 Å². The van der Waals surface area contributed by atoms with Crippen molar-refractivity contribution in [3.63, 3.8) is 0 Å². The number of amides is 1. The summed E-state index contributed by atoms with van der Waals surface area (Å²) in [5.74, 6) is -0.0980. The number of esters is 1. The van der Waals surface area contributed by atoms with Gasteiger partial charge in [-0.05, 0) is 37.8 Å². The van der Waals surface area contributed by atoms with Crippen molar-refractivity contribution in [2.45, 2.75) is 56.8 Å². The minimum Gasteiger partial charge on any atom is -0.469 e. The molecule has 0 unspecified atom stereocenters. The summed E-state index contributed by atoms with van der Waals surface area (Å²) < 4.78 is 6.18. The summed E-state index contributed by atoms with van der Waals surface area (Å²) in [6.45, 7) is 3.07. The van der Waals surface area contributed by atoms with E-state index in [4.69, 9.17) is 4.74 Å². The number of methoxy groups -OCH3 is 1. The zero-order valence-corrected chi connectivity index (χ0v) is 17.7. The summed E-state index contributed by atoms with van der Waals surface area (Å²) in [7, 11) is 1.32. The number of benzene rings is 1. The van der Waals surface area contributed by atoms with Crippen LogP contribution in [0.3, 0.4) is 0 Å². The average molecular weight is 418 g/mol. The molecule has 1 saturated heterocycles. The van der Waals surface area contributed by atoms with Crippen LogP contribution in [0.1, 0.15) is 39.0 Å². The van der Waals surface area contributed by atoms with Crippen molar-refractivity contribution in [1.82, 2.24) is 14.5 Å². The molecule has 7 nitrogen and oxygen atoms in total. The van der Waals surface area contributed by atoms with Crippen molar-refractivity contribution in [3.05, 3.63) is 34.6 Å². The lowest BCUT2D eigenvalue weighted by molar-refractivity contribution is -0.141. The number of ether oxygens (including phenoxy) is 1. The Morgan fingerprint density at radius 3 is 2.83 bits per heavy atom. The van der Waals surface area contributed by atoms with E-state index in [1.807, 2.05) is 11.0 Å². The maximum atomic E-state index is 13.0. The van der Waals surface area contributed by atoms with Gasteiger partial charge in [-0.3, -0.25) is 19.0 Å². The molecule has 1 aliphatic rings. The van der Waals surface area contributed by atoms with Gasteiger partial charge in [-0.15, -0.1) is 0 Å². The molecule has 1 amide bonds. The minimum absolute atomic E-state index is 0.0714. The third-order valence-corrected chi connectivity index (χ3v) is 6.30. The molecule has 29 heavy (non-hydrogen) atoms. The third kappa shape index (κ3) is 4.98. The van der Waals surface area contributed by atoms with E-state index in [1.54, 1.807) is 18.2 Å². The molecule has 1 fully saturated rings. The second-order valence-corrected chi connectivity index (χ2v) is 8.07. The lowest BCUT2D eigenvalue weighted by Gasteiger charge is -2.35. The Bertz CT molecular complexity index is 943. The van der Waals surface area contributed by atoms with Crippen LogP contribution in [0.15, 0.2) is 34.2 Å². The van der Waals surface area contributed by atoms with Crippen molar-refractivity contribution in [3.8, 4) is 0 Å². The summed E-state index contributed by atoms with van der Waals surface area (Å²) in [4.78, 5) is 43.9. The molecule has 8 heteroatoms. The summed E-state index contributed by atoms with van der Waals surface area (Å²) in [6, 6.07) is 7.41. The standard InChI is InChI=1S/C21H27N3O4S/c1-3-15-8-6-7-12-23(15)18(25)14-29-21-22-17-10-5-4-9-16(17)20(27)24(21)13-11-19(26)28-2/h4-5,9-10,15H,3,6-8,11-14H2,1-2H3/t15-/m1/s1. The van der Waals surface area contributed by atoms with Crippen molar-refractivity contribution in [2.24, 2.45) is 0 Å². The number of hydrogen-bond acceptors (Lipinski definition) is 6. The molecule has 1 atom stereocenters. The fourth-order valence-electron chi connectivity index (χ4n) is 3.72. The number of thioether (sulfide) groups is 1. The van der Waals surface area contributed by atoms with Crippen LogP contribution in [0, 0.1) is 0 Å². The number of aromatic nitrogens is 2. The van der Waals surface area contributed by atoms with Gasteiger partial charge in [0.2, 0.25) is 5.91 Å². The highest BCUT2D eigenvalue weighted by Gasteiger charge is 2.25. The molecule has 0 radical (unpaired) electrons. The van der Waals surface area contributed by atoms with Crippen LogP contribution in [0.4, 0.5) is 0 Å². The Morgan fingerprint density at radius 1 is 1.28 bits per heavy atom. The molecule has 0 saturated carbocycles. The molecule has 3 rings (SSSR count). The van der Waals surface area contributed by atoms with Crippen molar-refractivity contribution in [2.75, 3.05) is 19.4 Å². The maximum Gasteiger partial charge on any atom is 0.307 e. The molecular weight excluding hydrogens is 390 g/mol. The van der Waals surface area contributed by atoms with Gasteiger partial charge in [0, 0.05) is 19.1 Å². The number of carbonyl (C=O) groups is 2. The van der Waals surface area contributed by atoms with E-state index < -0.39 is 5.97 Å². The molecule has 0 bridgehead atoms. The monoisotopic (exact) mass is 417 g/mol. The molecule has 2 aromatic rings. The second kappa shape index (κ2) is 9.91. The maximum absolute atomic E-state index is 13.0. The number of piperidine rings is 1. The van der Waals surface area contributed by atoms with Crippen LogP contribution in [0.25, 0.3) is 10.9 Å². The highest BCUT2D eigenvalue weighted by atomic mass is 32.2. The summed E-state index contributed by atoms with van der Waals surface area (Å²) in [5, 5.41) is 0.950. The van der Waals surface area contributed by atoms with E-state index in [9.17, 15) is 14.4 Å². The van der Waals surface area contributed by atoms with E-state index >= 15 is 0 Å². The first-order valence-electron chi connectivity index (χ1n) is 10.0. The number of nitrogens with zero attached hydrogens (tertiary/aromatic N) is 3. The van der Waals surface area contributed by atoms with Crippen LogP contribution in [-0.2, 0) is 20.9 Å². The van der Waals surface area contributed by atoms with E-state index in [0.717, 1.165) is 32.2 Å². The van der Waals surface area contributed by atoms with Gasteiger partial charge in [0.05, 0.1) is 30.2 Å². The Morgan fingerprint density at radius 2 is 2.07 bits per heavy atom. The Balaban J connectivity index is 1.83. The average Bonchev–Trinajstić information content (AvgIpc) is 2.76. The zero-order chi connectivity index (χ0) is 20.8. The third-order valence-electron chi connectivity index (χ3n) is 5.34. The van der Waals surface area contributed by atoms with Crippen molar-refractivity contribution in [1.29, 1.82) is 0 Å². The first-order chi connectivity index (χ1) is 14.0. The van der Waals surface area contributed by atoms with E-state index in [2.05, 4.69) is 11.9 Å².